The molecule has 0 radical (unpaired) electrons. The summed E-state index contributed by atoms with van der Waals surface area (Å²) in [6.07, 6.45) is 2.53. The van der Waals surface area contributed by atoms with Crippen molar-refractivity contribution in [3.8, 4) is 23.0 Å². The van der Waals surface area contributed by atoms with Crippen LogP contribution in [0.15, 0.2) is 72.9 Å². The third-order valence-corrected chi connectivity index (χ3v) is 5.95. The molecule has 5 rings (SSSR count). The normalized spacial score (nSPS) is 11.9. The van der Waals surface area contributed by atoms with Gasteiger partial charge in [-0.1, -0.05) is 66.4 Å². The Bertz CT molecular complexity index is 1360. The van der Waals surface area contributed by atoms with Crippen LogP contribution in [-0.2, 0) is 4.74 Å². The summed E-state index contributed by atoms with van der Waals surface area (Å²) in [5.74, 6) is 6.20. The third-order valence-electron chi connectivity index (χ3n) is 5.95. The van der Waals surface area contributed by atoms with Crippen LogP contribution in [0.25, 0.3) is 22.0 Å². The number of carbonyl (C=O) groups is 2. The van der Waals surface area contributed by atoms with Crippen LogP contribution in [0.2, 0.25) is 0 Å². The lowest BCUT2D eigenvalue weighted by Gasteiger charge is -2.14. The molecular weight excluding hydrogens is 412 g/mol. The van der Waals surface area contributed by atoms with E-state index in [1.807, 2.05) is 42.5 Å². The zero-order valence-corrected chi connectivity index (χ0v) is 17.9. The van der Waals surface area contributed by atoms with E-state index >= 15 is 0 Å². The maximum atomic E-state index is 12.3. The number of alkyl carbamates (subject to hydrolysis) is 1. The fourth-order valence-corrected chi connectivity index (χ4v) is 4.44. The number of hydrogen-bond donors (Lipinski definition) is 2. The molecule has 0 saturated carbocycles. The highest BCUT2D eigenvalue weighted by molar-refractivity contribution is 6.00. The second-order valence-corrected chi connectivity index (χ2v) is 7.89. The van der Waals surface area contributed by atoms with Gasteiger partial charge >= 0.3 is 6.09 Å². The summed E-state index contributed by atoms with van der Waals surface area (Å²) in [6.45, 7) is 0.669. The van der Waals surface area contributed by atoms with Gasteiger partial charge in [0.2, 0.25) is 0 Å². The number of ether oxygens (including phenoxy) is 1. The topological polar surface area (TPSA) is 71.2 Å². The minimum atomic E-state index is -0.449. The number of aldehydes is 1. The lowest BCUT2D eigenvalue weighted by molar-refractivity contribution is 0.112. The number of fused-ring (bicyclic) bond motifs is 4. The molecule has 33 heavy (non-hydrogen) atoms. The number of H-pyrrole nitrogens is 1. The van der Waals surface area contributed by atoms with E-state index < -0.39 is 6.09 Å². The van der Waals surface area contributed by atoms with Gasteiger partial charge in [0.05, 0.1) is 0 Å². The van der Waals surface area contributed by atoms with Crippen LogP contribution in [0, 0.1) is 11.8 Å². The monoisotopic (exact) mass is 434 g/mol. The number of hydrogen-bond acceptors (Lipinski definition) is 3. The Balaban J connectivity index is 1.17. The highest BCUT2D eigenvalue weighted by Crippen LogP contribution is 2.44. The molecule has 0 unspecified atom stereocenters. The predicted molar refractivity (Wildman–Crippen MR) is 128 cm³/mol. The van der Waals surface area contributed by atoms with Crippen molar-refractivity contribution >= 4 is 23.3 Å². The maximum Gasteiger partial charge on any atom is 0.407 e. The minimum Gasteiger partial charge on any atom is -0.449 e. The van der Waals surface area contributed by atoms with Gasteiger partial charge in [0.15, 0.2) is 6.29 Å². The Morgan fingerprint density at radius 2 is 1.73 bits per heavy atom. The number of benzene rings is 3. The van der Waals surface area contributed by atoms with Crippen molar-refractivity contribution in [1.29, 1.82) is 0 Å². The molecule has 0 aliphatic heterocycles. The molecule has 3 aromatic carbocycles. The van der Waals surface area contributed by atoms with E-state index in [-0.39, 0.29) is 12.5 Å². The molecule has 0 spiro atoms. The smallest absolute Gasteiger partial charge is 0.407 e. The molecular formula is C28H22N2O3. The number of aromatic nitrogens is 1. The first-order chi connectivity index (χ1) is 16.3. The lowest BCUT2D eigenvalue weighted by Crippen LogP contribution is -2.26. The van der Waals surface area contributed by atoms with Gasteiger partial charge in [0.25, 0.3) is 0 Å². The van der Waals surface area contributed by atoms with Crippen LogP contribution in [0.3, 0.4) is 0 Å². The Hall–Kier alpha value is -4.30. The Kier molecular flexibility index (Phi) is 5.65. The lowest BCUT2D eigenvalue weighted by atomic mass is 9.98. The number of nitrogens with one attached hydrogen (secondary N) is 2. The zero-order chi connectivity index (χ0) is 22.6. The van der Waals surface area contributed by atoms with Crippen LogP contribution in [0.5, 0.6) is 0 Å². The largest absolute Gasteiger partial charge is 0.449 e. The summed E-state index contributed by atoms with van der Waals surface area (Å²) in [6, 6.07) is 22.2. The molecule has 2 N–H and O–H groups in total. The van der Waals surface area contributed by atoms with E-state index in [9.17, 15) is 9.59 Å². The first kappa shape index (κ1) is 20.6. The van der Waals surface area contributed by atoms with E-state index in [1.54, 1.807) is 6.20 Å². The van der Waals surface area contributed by atoms with Gasteiger partial charge in [-0.25, -0.2) is 4.79 Å². The van der Waals surface area contributed by atoms with E-state index in [0.717, 1.165) is 22.8 Å². The van der Waals surface area contributed by atoms with Crippen molar-refractivity contribution in [2.24, 2.45) is 0 Å². The van der Waals surface area contributed by atoms with Gasteiger partial charge < -0.3 is 15.0 Å². The Labute approximate surface area is 191 Å². The SMILES string of the molecule is O=Cc1c[nH]c2cccc(C#CCCNC(=O)OCC3c4ccccc4-c4ccccc43)c12. The van der Waals surface area contributed by atoms with Gasteiger partial charge in [0.1, 0.15) is 6.61 Å². The quantitative estimate of drug-likeness (QED) is 0.256. The fraction of sp³-hybridized carbons (Fsp3) is 0.143. The minimum absolute atomic E-state index is 0.0387. The van der Waals surface area contributed by atoms with Gasteiger partial charge in [0, 0.05) is 47.1 Å². The number of amides is 1. The maximum absolute atomic E-state index is 12.3. The molecule has 0 bridgehead atoms. The number of carbonyl (C=O) groups excluding carboxylic acids is 2. The fourth-order valence-electron chi connectivity index (χ4n) is 4.44. The van der Waals surface area contributed by atoms with Crippen molar-refractivity contribution in [3.63, 3.8) is 0 Å². The molecule has 0 atom stereocenters. The van der Waals surface area contributed by atoms with Crippen LogP contribution in [0.1, 0.15) is 39.4 Å². The van der Waals surface area contributed by atoms with Crippen LogP contribution >= 0.6 is 0 Å². The zero-order valence-electron chi connectivity index (χ0n) is 17.9. The van der Waals surface area contributed by atoms with Crippen molar-refractivity contribution in [2.75, 3.05) is 13.2 Å². The standard InChI is InChI=1S/C28H22N2O3/c31-17-20-16-30-26-14-7-9-19(27(20)26)8-5-6-15-29-28(32)33-18-25-23-12-3-1-10-21(23)22-11-2-4-13-24(22)25/h1-4,7,9-14,16-17,25,30H,6,15,18H2,(H,29,32). The molecule has 1 aliphatic rings. The highest BCUT2D eigenvalue weighted by Gasteiger charge is 2.28. The molecule has 4 aromatic rings. The summed E-state index contributed by atoms with van der Waals surface area (Å²) < 4.78 is 5.54. The third kappa shape index (κ3) is 3.99. The van der Waals surface area contributed by atoms with Gasteiger partial charge in [-0.2, -0.15) is 0 Å². The number of aromatic amines is 1. The van der Waals surface area contributed by atoms with E-state index in [4.69, 9.17) is 4.74 Å². The highest BCUT2D eigenvalue weighted by atomic mass is 16.5. The van der Waals surface area contributed by atoms with Crippen molar-refractivity contribution in [2.45, 2.75) is 12.3 Å². The van der Waals surface area contributed by atoms with Crippen LogP contribution in [-0.4, -0.2) is 30.5 Å². The first-order valence-electron chi connectivity index (χ1n) is 10.9. The molecule has 1 amide bonds. The van der Waals surface area contributed by atoms with E-state index in [0.29, 0.717) is 18.5 Å². The second kappa shape index (κ2) is 9.05. The van der Waals surface area contributed by atoms with Crippen LogP contribution < -0.4 is 5.32 Å². The summed E-state index contributed by atoms with van der Waals surface area (Å²) in [4.78, 5) is 26.6. The molecule has 1 aliphatic carbocycles. The predicted octanol–water partition coefficient (Wildman–Crippen LogP) is 5.26. The summed E-state index contributed by atoms with van der Waals surface area (Å²) in [5.41, 5.74) is 7.03. The average Bonchev–Trinajstić information content (AvgIpc) is 3.42. The first-order valence-corrected chi connectivity index (χ1v) is 10.9. The molecule has 0 saturated heterocycles. The van der Waals surface area contributed by atoms with Gasteiger partial charge in [-0.15, -0.1) is 0 Å². The molecule has 162 valence electrons. The molecule has 5 nitrogen and oxygen atoms in total. The van der Waals surface area contributed by atoms with Gasteiger partial charge in [-0.05, 0) is 34.4 Å². The summed E-state index contributed by atoms with van der Waals surface area (Å²) in [5, 5.41) is 3.59. The Morgan fingerprint density at radius 3 is 2.45 bits per heavy atom. The molecule has 1 heterocycles. The van der Waals surface area contributed by atoms with E-state index in [2.05, 4.69) is 46.4 Å². The van der Waals surface area contributed by atoms with Crippen molar-refractivity contribution < 1.29 is 14.3 Å². The summed E-state index contributed by atoms with van der Waals surface area (Å²) in [7, 11) is 0. The number of rotatable bonds is 5. The molecule has 5 heteroatoms. The van der Waals surface area contributed by atoms with Crippen molar-refractivity contribution in [3.05, 3.63) is 95.2 Å². The molecule has 0 fully saturated rings. The average molecular weight is 434 g/mol. The summed E-state index contributed by atoms with van der Waals surface area (Å²) >= 11 is 0. The van der Waals surface area contributed by atoms with Gasteiger partial charge in [-0.3, -0.25) is 4.79 Å². The van der Waals surface area contributed by atoms with Crippen LogP contribution in [0.4, 0.5) is 4.79 Å². The van der Waals surface area contributed by atoms with Crippen molar-refractivity contribution in [1.82, 2.24) is 10.3 Å². The Morgan fingerprint density at radius 1 is 1.00 bits per heavy atom. The van der Waals surface area contributed by atoms with E-state index in [1.165, 1.54) is 22.3 Å². The second-order valence-electron chi connectivity index (χ2n) is 7.89. The molecule has 1 aromatic heterocycles.